The number of rotatable bonds is 5. The highest BCUT2D eigenvalue weighted by Gasteiger charge is 2.32. The second-order valence-corrected chi connectivity index (χ2v) is 7.07. The number of hydrogen-bond donors (Lipinski definition) is 1. The molecule has 2 rings (SSSR count). The van der Waals surface area contributed by atoms with Crippen LogP contribution in [0.3, 0.4) is 0 Å². The lowest BCUT2D eigenvalue weighted by atomic mass is 10.1. The van der Waals surface area contributed by atoms with Crippen molar-refractivity contribution in [2.45, 2.75) is 43.9 Å². The van der Waals surface area contributed by atoms with Crippen LogP contribution >= 0.6 is 11.8 Å². The van der Waals surface area contributed by atoms with E-state index >= 15 is 0 Å². The van der Waals surface area contributed by atoms with E-state index in [0.29, 0.717) is 27.9 Å². The van der Waals surface area contributed by atoms with Crippen LogP contribution in [0.4, 0.5) is 32.0 Å². The largest absolute Gasteiger partial charge is 0.408 e. The first-order valence-electron chi connectivity index (χ1n) is 7.63. The van der Waals surface area contributed by atoms with Gasteiger partial charge in [-0.1, -0.05) is 6.07 Å². The molecule has 140 valence electrons. The molecule has 1 aliphatic carbocycles. The molecule has 0 spiro atoms. The molecular weight excluding hydrogens is 366 g/mol. The molecule has 9 heteroatoms. The van der Waals surface area contributed by atoms with Crippen molar-refractivity contribution in [1.82, 2.24) is 0 Å². The molecule has 1 N–H and O–H groups in total. The van der Waals surface area contributed by atoms with E-state index in [1.807, 2.05) is 0 Å². The Morgan fingerprint density at radius 2 is 1.72 bits per heavy atom. The van der Waals surface area contributed by atoms with E-state index in [1.165, 1.54) is 0 Å². The predicted molar refractivity (Wildman–Crippen MR) is 87.4 cm³/mol. The van der Waals surface area contributed by atoms with E-state index in [2.05, 4.69) is 10.3 Å². The van der Waals surface area contributed by atoms with Crippen LogP contribution in [0.1, 0.15) is 24.0 Å². The zero-order valence-electron chi connectivity index (χ0n) is 13.7. The summed E-state index contributed by atoms with van der Waals surface area (Å²) in [5.74, 6) is -0.820. The maximum Gasteiger partial charge on any atom is 0.408 e. The fraction of sp³-hybridized carbons (Fsp3) is 0.562. The van der Waals surface area contributed by atoms with Crippen LogP contribution in [-0.4, -0.2) is 30.5 Å². The lowest BCUT2D eigenvalue weighted by Gasteiger charge is -2.16. The number of aryl methyl sites for hydroxylation is 2. The van der Waals surface area contributed by atoms with E-state index < -0.39 is 24.7 Å². The molecule has 0 aromatic heterocycles. The Bertz CT molecular complexity index is 647. The number of anilines is 1. The summed E-state index contributed by atoms with van der Waals surface area (Å²) < 4.78 is 74.5. The van der Waals surface area contributed by atoms with Crippen molar-refractivity contribution < 1.29 is 26.3 Å². The van der Waals surface area contributed by atoms with E-state index in [9.17, 15) is 26.3 Å². The molecule has 1 fully saturated rings. The van der Waals surface area contributed by atoms with Gasteiger partial charge in [-0.3, -0.25) is 4.99 Å². The topological polar surface area (TPSA) is 24.4 Å². The molecule has 0 bridgehead atoms. The summed E-state index contributed by atoms with van der Waals surface area (Å²) in [6.45, 7) is 2.18. The van der Waals surface area contributed by atoms with Gasteiger partial charge in [0.2, 0.25) is 0 Å². The maximum atomic E-state index is 12.4. The summed E-state index contributed by atoms with van der Waals surface area (Å²) in [4.78, 5) is 4.07. The van der Waals surface area contributed by atoms with Gasteiger partial charge in [0.1, 0.15) is 12.4 Å². The van der Waals surface area contributed by atoms with Crippen LogP contribution in [0.25, 0.3) is 0 Å². The van der Waals surface area contributed by atoms with Crippen LogP contribution in [0.5, 0.6) is 0 Å². The number of nitrogens with zero attached hydrogens (tertiary/aromatic N) is 1. The highest BCUT2D eigenvalue weighted by atomic mass is 32.2. The highest BCUT2D eigenvalue weighted by Crippen LogP contribution is 2.35. The Balaban J connectivity index is 2.19. The average molecular weight is 384 g/mol. The van der Waals surface area contributed by atoms with Gasteiger partial charge in [-0.15, -0.1) is 11.8 Å². The fourth-order valence-corrected chi connectivity index (χ4v) is 3.03. The van der Waals surface area contributed by atoms with Crippen molar-refractivity contribution in [3.8, 4) is 0 Å². The van der Waals surface area contributed by atoms with Gasteiger partial charge in [0.15, 0.2) is 0 Å². The van der Waals surface area contributed by atoms with Crippen molar-refractivity contribution in [1.29, 1.82) is 0 Å². The molecule has 1 aromatic carbocycles. The van der Waals surface area contributed by atoms with E-state index in [1.54, 1.807) is 26.0 Å². The third kappa shape index (κ3) is 6.80. The van der Waals surface area contributed by atoms with Crippen LogP contribution in [0.15, 0.2) is 22.0 Å². The van der Waals surface area contributed by atoms with Gasteiger partial charge < -0.3 is 5.32 Å². The number of hydrogen-bond acceptors (Lipinski definition) is 2. The second kappa shape index (κ2) is 7.47. The second-order valence-electron chi connectivity index (χ2n) is 6.05. The zero-order chi connectivity index (χ0) is 18.8. The van der Waals surface area contributed by atoms with E-state index in [4.69, 9.17) is 0 Å². The number of alkyl halides is 6. The highest BCUT2D eigenvalue weighted by molar-refractivity contribution is 7.99. The monoisotopic (exact) mass is 384 g/mol. The molecule has 2 nitrogen and oxygen atoms in total. The summed E-state index contributed by atoms with van der Waals surface area (Å²) in [5, 5.41) is 2.90. The standard InChI is InChI=1S/C16H18F6N2S/c1-9-5-10(2)13(25-8-16(20,21)22)6-12(9)24-14(11-3-4-11)23-7-15(17,18)19/h5-6,11H,3-4,7-8H2,1-2H3,(H,23,24). The lowest BCUT2D eigenvalue weighted by Crippen LogP contribution is -2.20. The number of benzene rings is 1. The van der Waals surface area contributed by atoms with Gasteiger partial charge in [-0.05, 0) is 43.9 Å². The van der Waals surface area contributed by atoms with Crippen LogP contribution in [0.2, 0.25) is 0 Å². The summed E-state index contributed by atoms with van der Waals surface area (Å²) >= 11 is 0.661. The predicted octanol–water partition coefficient (Wildman–Crippen LogP) is 5.74. The van der Waals surface area contributed by atoms with Crippen molar-refractivity contribution in [2.24, 2.45) is 10.9 Å². The van der Waals surface area contributed by atoms with Gasteiger partial charge in [-0.25, -0.2) is 0 Å². The van der Waals surface area contributed by atoms with Gasteiger partial charge in [0, 0.05) is 16.5 Å². The third-order valence-electron chi connectivity index (χ3n) is 3.57. The van der Waals surface area contributed by atoms with Crippen molar-refractivity contribution >= 4 is 23.3 Å². The molecular formula is C16H18F6N2S. The van der Waals surface area contributed by atoms with Crippen LogP contribution < -0.4 is 5.32 Å². The summed E-state index contributed by atoms with van der Waals surface area (Å²) in [6, 6.07) is 3.27. The van der Waals surface area contributed by atoms with Crippen LogP contribution in [0, 0.1) is 19.8 Å². The molecule has 0 atom stereocenters. The van der Waals surface area contributed by atoms with Gasteiger partial charge in [-0.2, -0.15) is 26.3 Å². The Morgan fingerprint density at radius 3 is 2.24 bits per heavy atom. The maximum absolute atomic E-state index is 12.4. The molecule has 1 saturated carbocycles. The normalized spacial score (nSPS) is 16.2. The molecule has 1 aromatic rings. The number of nitrogens with one attached hydrogen (secondary N) is 1. The molecule has 0 aliphatic heterocycles. The zero-order valence-corrected chi connectivity index (χ0v) is 14.5. The molecule has 0 heterocycles. The smallest absolute Gasteiger partial charge is 0.344 e. The summed E-state index contributed by atoms with van der Waals surface area (Å²) in [7, 11) is 0. The Labute approximate surface area is 146 Å². The van der Waals surface area contributed by atoms with E-state index in [-0.39, 0.29) is 11.8 Å². The lowest BCUT2D eigenvalue weighted by molar-refractivity contribution is -0.118. The molecule has 0 amide bonds. The summed E-state index contributed by atoms with van der Waals surface area (Å²) in [5.41, 5.74) is 1.93. The van der Waals surface area contributed by atoms with Crippen molar-refractivity contribution in [2.75, 3.05) is 17.6 Å². The minimum atomic E-state index is -4.39. The van der Waals surface area contributed by atoms with Crippen molar-refractivity contribution in [3.63, 3.8) is 0 Å². The van der Waals surface area contributed by atoms with Crippen LogP contribution in [-0.2, 0) is 0 Å². The fourth-order valence-electron chi connectivity index (χ4n) is 2.22. The van der Waals surface area contributed by atoms with Crippen molar-refractivity contribution in [3.05, 3.63) is 23.3 Å². The first-order chi connectivity index (χ1) is 11.4. The molecule has 25 heavy (non-hydrogen) atoms. The molecule has 0 unspecified atom stereocenters. The quantitative estimate of drug-likeness (QED) is 0.303. The SMILES string of the molecule is Cc1cc(C)c(SCC(F)(F)F)cc1NC(=NCC(F)(F)F)C1CC1. The Morgan fingerprint density at radius 1 is 1.08 bits per heavy atom. The minimum Gasteiger partial charge on any atom is -0.344 e. The first-order valence-corrected chi connectivity index (χ1v) is 8.62. The minimum absolute atomic E-state index is 0.0469. The number of thioether (sulfide) groups is 1. The average Bonchev–Trinajstić information content (AvgIpc) is 3.26. The number of halogens is 6. The first kappa shape index (κ1) is 19.9. The Kier molecular flexibility index (Phi) is 5.96. The number of aliphatic imine (C=N–C) groups is 1. The molecule has 1 aliphatic rings. The Hall–Kier alpha value is -1.38. The van der Waals surface area contributed by atoms with E-state index in [0.717, 1.165) is 18.4 Å². The third-order valence-corrected chi connectivity index (χ3v) is 4.79. The van der Waals surface area contributed by atoms with Gasteiger partial charge in [0.05, 0.1) is 5.75 Å². The number of amidine groups is 1. The van der Waals surface area contributed by atoms with Gasteiger partial charge >= 0.3 is 12.4 Å². The molecule has 0 saturated heterocycles. The summed E-state index contributed by atoms with van der Waals surface area (Å²) in [6.07, 6.45) is -7.17. The van der Waals surface area contributed by atoms with Gasteiger partial charge in [0.25, 0.3) is 0 Å². The molecule has 0 radical (unpaired) electrons.